The molecule has 6 heteroatoms. The third kappa shape index (κ3) is 8.92. The van der Waals surface area contributed by atoms with E-state index >= 15 is 0 Å². The van der Waals surface area contributed by atoms with E-state index in [2.05, 4.69) is 48.7 Å². The molecule has 0 bridgehead atoms. The Hall–Kier alpha value is -1.98. The molecule has 1 aliphatic rings. The van der Waals surface area contributed by atoms with E-state index in [0.717, 1.165) is 32.5 Å². The molecule has 0 spiro atoms. The van der Waals surface area contributed by atoms with Crippen LogP contribution in [0.2, 0.25) is 5.02 Å². The monoisotopic (exact) mass is 419 g/mol. The van der Waals surface area contributed by atoms with Crippen molar-refractivity contribution in [1.29, 1.82) is 0 Å². The summed E-state index contributed by atoms with van der Waals surface area (Å²) in [6, 6.07) is 4.57. The molecule has 1 aromatic rings. The molecule has 1 heterocycles. The number of nitrogens with zero attached hydrogens (tertiary/aromatic N) is 1. The van der Waals surface area contributed by atoms with Crippen LogP contribution in [0, 0.1) is 5.92 Å². The van der Waals surface area contributed by atoms with E-state index in [0.29, 0.717) is 23.0 Å². The molecular formula is C23H34ClN3O2. The number of carbonyl (C=O) groups excluding carboxylic acids is 1. The number of piperidine rings is 1. The predicted molar refractivity (Wildman–Crippen MR) is 121 cm³/mol. The van der Waals surface area contributed by atoms with Gasteiger partial charge in [-0.3, -0.25) is 4.79 Å². The first-order valence-corrected chi connectivity index (χ1v) is 10.8. The summed E-state index contributed by atoms with van der Waals surface area (Å²) in [4.78, 5) is 14.5. The van der Waals surface area contributed by atoms with E-state index in [9.17, 15) is 9.90 Å². The fourth-order valence-electron chi connectivity index (χ4n) is 3.49. The summed E-state index contributed by atoms with van der Waals surface area (Å²) in [5.74, 6) is 0.698. The van der Waals surface area contributed by atoms with Gasteiger partial charge in [-0.2, -0.15) is 0 Å². The molecule has 1 amide bonds. The second kappa shape index (κ2) is 11.9. The number of anilines is 1. The van der Waals surface area contributed by atoms with E-state index in [-0.39, 0.29) is 11.7 Å². The average Bonchev–Trinajstić information content (AvgIpc) is 2.66. The number of rotatable bonds is 9. The Morgan fingerprint density at radius 2 is 1.90 bits per heavy atom. The summed E-state index contributed by atoms with van der Waals surface area (Å²) in [6.45, 7) is 9.29. The number of nitrogens with one attached hydrogen (secondary N) is 2. The van der Waals surface area contributed by atoms with Gasteiger partial charge in [-0.05, 0) is 83.1 Å². The molecule has 2 rings (SSSR count). The van der Waals surface area contributed by atoms with Gasteiger partial charge < -0.3 is 20.6 Å². The number of phenols is 1. The Morgan fingerprint density at radius 1 is 1.21 bits per heavy atom. The van der Waals surface area contributed by atoms with Crippen LogP contribution in [0.15, 0.2) is 41.7 Å². The first-order chi connectivity index (χ1) is 13.9. The summed E-state index contributed by atoms with van der Waals surface area (Å²) >= 11 is 5.90. The molecule has 1 aliphatic heterocycles. The number of allylic oxidation sites excluding steroid dienone is 2. The number of amides is 1. The van der Waals surface area contributed by atoms with Crippen LogP contribution in [0.3, 0.4) is 0 Å². The number of halogens is 1. The van der Waals surface area contributed by atoms with Crippen molar-refractivity contribution < 1.29 is 9.90 Å². The maximum absolute atomic E-state index is 12.2. The van der Waals surface area contributed by atoms with Crippen molar-refractivity contribution in [2.75, 3.05) is 25.0 Å². The number of hydrogen-bond acceptors (Lipinski definition) is 4. The molecule has 1 fully saturated rings. The second-order valence-corrected chi connectivity index (χ2v) is 8.42. The molecule has 29 heavy (non-hydrogen) atoms. The molecule has 3 N–H and O–H groups in total. The summed E-state index contributed by atoms with van der Waals surface area (Å²) in [5, 5.41) is 16.0. The largest absolute Gasteiger partial charge is 0.508 e. The van der Waals surface area contributed by atoms with Crippen molar-refractivity contribution in [3.05, 3.63) is 46.8 Å². The SMILES string of the molecule is CC/C(C)=C/N/C=C(\C)CC1CCN(CCC(=O)Nc2cc(O)cc(Cl)c2)CC1. The zero-order valence-corrected chi connectivity index (χ0v) is 18.6. The van der Waals surface area contributed by atoms with E-state index in [1.54, 1.807) is 6.07 Å². The molecule has 1 saturated heterocycles. The van der Waals surface area contributed by atoms with Gasteiger partial charge in [-0.15, -0.1) is 0 Å². The van der Waals surface area contributed by atoms with Gasteiger partial charge in [0.15, 0.2) is 0 Å². The highest BCUT2D eigenvalue weighted by molar-refractivity contribution is 6.31. The number of aromatic hydroxyl groups is 1. The third-order valence-corrected chi connectivity index (χ3v) is 5.57. The Balaban J connectivity index is 1.67. The molecule has 0 radical (unpaired) electrons. The van der Waals surface area contributed by atoms with Crippen molar-refractivity contribution in [3.8, 4) is 5.75 Å². The van der Waals surface area contributed by atoms with Gasteiger partial charge in [0, 0.05) is 29.7 Å². The minimum atomic E-state index is -0.0610. The number of benzene rings is 1. The van der Waals surface area contributed by atoms with Crippen LogP contribution in [0.5, 0.6) is 5.75 Å². The fraction of sp³-hybridized carbons (Fsp3) is 0.522. The van der Waals surface area contributed by atoms with Crippen LogP contribution < -0.4 is 10.6 Å². The zero-order valence-electron chi connectivity index (χ0n) is 17.8. The molecule has 1 aromatic carbocycles. The highest BCUT2D eigenvalue weighted by Crippen LogP contribution is 2.25. The van der Waals surface area contributed by atoms with E-state index in [4.69, 9.17) is 11.6 Å². The molecule has 0 atom stereocenters. The van der Waals surface area contributed by atoms with Crippen LogP contribution in [0.1, 0.15) is 52.9 Å². The number of phenolic OH excluding ortho intramolecular Hbond substituents is 1. The first kappa shape index (κ1) is 23.3. The molecule has 160 valence electrons. The number of carbonyl (C=O) groups is 1. The lowest BCUT2D eigenvalue weighted by Gasteiger charge is -2.32. The predicted octanol–water partition coefficient (Wildman–Crippen LogP) is 5.28. The lowest BCUT2D eigenvalue weighted by atomic mass is 9.90. The van der Waals surface area contributed by atoms with Gasteiger partial charge >= 0.3 is 0 Å². The van der Waals surface area contributed by atoms with E-state index in [1.807, 2.05) is 0 Å². The van der Waals surface area contributed by atoms with E-state index in [1.165, 1.54) is 36.1 Å². The van der Waals surface area contributed by atoms with Crippen LogP contribution >= 0.6 is 11.6 Å². The number of likely N-dealkylation sites (tertiary alicyclic amines) is 1. The van der Waals surface area contributed by atoms with Gasteiger partial charge in [-0.1, -0.05) is 29.7 Å². The van der Waals surface area contributed by atoms with Crippen LogP contribution in [-0.4, -0.2) is 35.5 Å². The molecular weight excluding hydrogens is 386 g/mol. The van der Waals surface area contributed by atoms with E-state index < -0.39 is 0 Å². The van der Waals surface area contributed by atoms with Crippen molar-refractivity contribution >= 4 is 23.2 Å². The molecule has 5 nitrogen and oxygen atoms in total. The van der Waals surface area contributed by atoms with Gasteiger partial charge in [0.25, 0.3) is 0 Å². The standard InChI is InChI=1S/C23H34ClN3O2/c1-4-17(2)15-25-16-18(3)11-19-5-8-27(9-6-19)10-7-23(29)26-21-12-20(24)13-22(28)14-21/h12-16,19,25,28H,4-11H2,1-3H3,(H,26,29)/b17-15+,18-16+. The Bertz CT molecular complexity index is 717. The molecule has 0 aromatic heterocycles. The maximum atomic E-state index is 12.2. The smallest absolute Gasteiger partial charge is 0.225 e. The zero-order chi connectivity index (χ0) is 21.2. The van der Waals surface area contributed by atoms with Crippen molar-refractivity contribution in [2.24, 2.45) is 5.92 Å². The normalized spacial score (nSPS) is 16.7. The Kier molecular flexibility index (Phi) is 9.55. The molecule has 0 saturated carbocycles. The average molecular weight is 420 g/mol. The van der Waals surface area contributed by atoms with Crippen LogP contribution in [0.25, 0.3) is 0 Å². The Labute approximate surface area is 179 Å². The number of hydrogen-bond donors (Lipinski definition) is 3. The summed E-state index contributed by atoms with van der Waals surface area (Å²) < 4.78 is 0. The third-order valence-electron chi connectivity index (χ3n) is 5.36. The minimum Gasteiger partial charge on any atom is -0.508 e. The highest BCUT2D eigenvalue weighted by atomic mass is 35.5. The first-order valence-electron chi connectivity index (χ1n) is 10.4. The fourth-order valence-corrected chi connectivity index (χ4v) is 3.72. The van der Waals surface area contributed by atoms with Crippen molar-refractivity contribution in [2.45, 2.75) is 52.9 Å². The maximum Gasteiger partial charge on any atom is 0.225 e. The molecule has 0 unspecified atom stereocenters. The summed E-state index contributed by atoms with van der Waals surface area (Å²) in [5.41, 5.74) is 3.25. The van der Waals surface area contributed by atoms with Crippen LogP contribution in [0.4, 0.5) is 5.69 Å². The van der Waals surface area contributed by atoms with Gasteiger partial charge in [0.05, 0.1) is 0 Å². The summed E-state index contributed by atoms with van der Waals surface area (Å²) in [7, 11) is 0. The van der Waals surface area contributed by atoms with Crippen LogP contribution in [-0.2, 0) is 4.79 Å². The van der Waals surface area contributed by atoms with Gasteiger partial charge in [0.1, 0.15) is 5.75 Å². The highest BCUT2D eigenvalue weighted by Gasteiger charge is 2.19. The Morgan fingerprint density at radius 3 is 2.55 bits per heavy atom. The lowest BCUT2D eigenvalue weighted by Crippen LogP contribution is -2.35. The molecule has 0 aliphatic carbocycles. The van der Waals surface area contributed by atoms with Crippen molar-refractivity contribution in [1.82, 2.24) is 10.2 Å². The quantitative estimate of drug-likeness (QED) is 0.509. The lowest BCUT2D eigenvalue weighted by molar-refractivity contribution is -0.116. The minimum absolute atomic E-state index is 0.0472. The van der Waals surface area contributed by atoms with Crippen molar-refractivity contribution in [3.63, 3.8) is 0 Å². The van der Waals surface area contributed by atoms with Gasteiger partial charge in [0.2, 0.25) is 5.91 Å². The topological polar surface area (TPSA) is 64.6 Å². The second-order valence-electron chi connectivity index (χ2n) is 7.99. The van der Waals surface area contributed by atoms with Gasteiger partial charge in [-0.25, -0.2) is 0 Å². The summed E-state index contributed by atoms with van der Waals surface area (Å²) in [6.07, 6.45) is 9.14.